The molecule has 0 spiro atoms. The van der Waals surface area contributed by atoms with Gasteiger partial charge in [-0.15, -0.1) is 0 Å². The van der Waals surface area contributed by atoms with Gasteiger partial charge in [-0.05, 0) is 61.8 Å². The number of benzene rings is 2. The van der Waals surface area contributed by atoms with Gasteiger partial charge in [0.15, 0.2) is 0 Å². The highest BCUT2D eigenvalue weighted by molar-refractivity contribution is 5.30. The lowest BCUT2D eigenvalue weighted by atomic mass is 10.0. The van der Waals surface area contributed by atoms with E-state index in [4.69, 9.17) is 0 Å². The number of nitrogens with one attached hydrogen (secondary N) is 2. The van der Waals surface area contributed by atoms with E-state index in [9.17, 15) is 0 Å². The second-order valence-electron chi connectivity index (χ2n) is 6.96. The van der Waals surface area contributed by atoms with Crippen molar-refractivity contribution in [2.45, 2.75) is 39.5 Å². The van der Waals surface area contributed by atoms with Crippen molar-refractivity contribution < 1.29 is 0 Å². The van der Waals surface area contributed by atoms with Gasteiger partial charge in [0.1, 0.15) is 0 Å². The van der Waals surface area contributed by atoms with Crippen LogP contribution in [-0.2, 0) is 12.8 Å². The van der Waals surface area contributed by atoms with Crippen LogP contribution < -0.4 is 10.6 Å². The van der Waals surface area contributed by atoms with Crippen LogP contribution in [0.5, 0.6) is 0 Å². The first-order valence-electron chi connectivity index (χ1n) is 9.48. The van der Waals surface area contributed by atoms with Crippen molar-refractivity contribution in [2.24, 2.45) is 0 Å². The molecule has 26 heavy (non-hydrogen) atoms. The first kappa shape index (κ1) is 19.8. The quantitative estimate of drug-likeness (QED) is 0.592. The lowest BCUT2D eigenvalue weighted by Crippen LogP contribution is -2.19. The van der Waals surface area contributed by atoms with Crippen LogP contribution in [0.4, 0.5) is 0 Å². The predicted molar refractivity (Wildman–Crippen MR) is 113 cm³/mol. The van der Waals surface area contributed by atoms with E-state index in [1.807, 2.05) is 0 Å². The highest BCUT2D eigenvalue weighted by Gasteiger charge is 2.00. The van der Waals surface area contributed by atoms with Crippen LogP contribution in [0.1, 0.15) is 35.1 Å². The zero-order valence-electron chi connectivity index (χ0n) is 16.3. The predicted octanol–water partition coefficient (Wildman–Crippen LogP) is 5.08. The van der Waals surface area contributed by atoms with Crippen molar-refractivity contribution in [1.82, 2.24) is 10.6 Å². The zero-order valence-corrected chi connectivity index (χ0v) is 16.3. The number of hydrogen-bond donors (Lipinski definition) is 2. The van der Waals surface area contributed by atoms with Crippen molar-refractivity contribution in [3.8, 4) is 0 Å². The summed E-state index contributed by atoms with van der Waals surface area (Å²) in [6.45, 7) is 14.4. The summed E-state index contributed by atoms with van der Waals surface area (Å²) < 4.78 is 0. The molecule has 2 rings (SSSR count). The highest BCUT2D eigenvalue weighted by atomic mass is 14.9. The van der Waals surface area contributed by atoms with Gasteiger partial charge < -0.3 is 10.6 Å². The van der Waals surface area contributed by atoms with Crippen molar-refractivity contribution >= 4 is 0 Å². The molecule has 0 saturated heterocycles. The molecule has 0 unspecified atom stereocenters. The Balaban J connectivity index is 1.57. The second kappa shape index (κ2) is 10.5. The molecule has 0 fully saturated rings. The normalized spacial score (nSPS) is 10.4. The van der Waals surface area contributed by atoms with Gasteiger partial charge in [0.25, 0.3) is 0 Å². The van der Waals surface area contributed by atoms with Gasteiger partial charge in [-0.1, -0.05) is 61.7 Å². The average Bonchev–Trinajstić information content (AvgIpc) is 2.64. The first-order valence-corrected chi connectivity index (χ1v) is 9.48. The Morgan fingerprint density at radius 2 is 1.31 bits per heavy atom. The van der Waals surface area contributed by atoms with Crippen LogP contribution in [0.25, 0.3) is 0 Å². The molecule has 0 heterocycles. The molecule has 0 atom stereocenters. The van der Waals surface area contributed by atoms with Crippen LogP contribution in [0.15, 0.2) is 73.1 Å². The molecule has 2 nitrogen and oxygen atoms in total. The Bertz CT molecular complexity index is 716. The van der Waals surface area contributed by atoms with Crippen molar-refractivity contribution in [2.75, 3.05) is 13.1 Å². The molecule has 0 bridgehead atoms. The van der Waals surface area contributed by atoms with Crippen molar-refractivity contribution in [3.63, 3.8) is 0 Å². The van der Waals surface area contributed by atoms with Gasteiger partial charge in [0.2, 0.25) is 0 Å². The Morgan fingerprint density at radius 1 is 0.731 bits per heavy atom. The maximum atomic E-state index is 4.14. The van der Waals surface area contributed by atoms with Gasteiger partial charge in [0, 0.05) is 24.5 Å². The topological polar surface area (TPSA) is 24.1 Å². The molecule has 138 valence electrons. The van der Waals surface area contributed by atoms with E-state index < -0.39 is 0 Å². The second-order valence-corrected chi connectivity index (χ2v) is 6.96. The number of rotatable bonds is 11. The summed E-state index contributed by atoms with van der Waals surface area (Å²) in [5.74, 6) is 0. The number of allylic oxidation sites excluding steroid dienone is 2. The lowest BCUT2D eigenvalue weighted by Gasteiger charge is -2.13. The molecular weight excluding hydrogens is 316 g/mol. The molecule has 2 aromatic carbocycles. The van der Waals surface area contributed by atoms with E-state index in [0.29, 0.717) is 0 Å². The fourth-order valence-corrected chi connectivity index (χ4v) is 2.85. The van der Waals surface area contributed by atoms with Gasteiger partial charge in [-0.2, -0.15) is 0 Å². The van der Waals surface area contributed by atoms with Crippen LogP contribution in [0.3, 0.4) is 0 Å². The van der Waals surface area contributed by atoms with E-state index in [-0.39, 0.29) is 0 Å². The summed E-state index contributed by atoms with van der Waals surface area (Å²) in [5.41, 5.74) is 7.60. The van der Waals surface area contributed by atoms with E-state index in [1.54, 1.807) is 0 Å². The summed E-state index contributed by atoms with van der Waals surface area (Å²) in [7, 11) is 0. The molecule has 0 radical (unpaired) electrons. The number of aryl methyl sites for hydroxylation is 2. The standard InChI is InChI=1S/C24H32N2/c1-19-10-13-24(18-20(19)2)15-17-26-22(4)12-11-21(3)25-16-14-23-8-6-5-7-9-23/h5-10,13,18,25-26H,3-4,11-12,14-17H2,1-2H3. The maximum absolute atomic E-state index is 4.14. The Kier molecular flexibility index (Phi) is 8.01. The Morgan fingerprint density at radius 3 is 1.88 bits per heavy atom. The van der Waals surface area contributed by atoms with Crippen molar-refractivity contribution in [3.05, 3.63) is 95.3 Å². The van der Waals surface area contributed by atoms with Gasteiger partial charge in [-0.25, -0.2) is 0 Å². The molecular formula is C24H32N2. The molecule has 2 heteroatoms. The minimum atomic E-state index is 0.921. The summed E-state index contributed by atoms with van der Waals surface area (Å²) in [6.07, 6.45) is 3.89. The molecule has 0 aliphatic rings. The molecule has 0 amide bonds. The molecule has 0 aliphatic carbocycles. The van der Waals surface area contributed by atoms with E-state index in [2.05, 4.69) is 86.2 Å². The third kappa shape index (κ3) is 7.18. The minimum Gasteiger partial charge on any atom is -0.388 e. The largest absolute Gasteiger partial charge is 0.388 e. The van der Waals surface area contributed by atoms with E-state index in [0.717, 1.165) is 50.2 Å². The molecule has 0 saturated carbocycles. The Hall–Kier alpha value is -2.48. The van der Waals surface area contributed by atoms with Crippen molar-refractivity contribution in [1.29, 1.82) is 0 Å². The van der Waals surface area contributed by atoms with Crippen LogP contribution in [0, 0.1) is 13.8 Å². The van der Waals surface area contributed by atoms with Crippen LogP contribution in [0.2, 0.25) is 0 Å². The third-order valence-corrected chi connectivity index (χ3v) is 4.72. The zero-order chi connectivity index (χ0) is 18.8. The summed E-state index contributed by atoms with van der Waals surface area (Å²) in [5, 5.41) is 6.86. The van der Waals surface area contributed by atoms with E-state index >= 15 is 0 Å². The molecule has 0 aliphatic heterocycles. The maximum Gasteiger partial charge on any atom is 0.0184 e. The van der Waals surface area contributed by atoms with E-state index in [1.165, 1.54) is 22.3 Å². The van der Waals surface area contributed by atoms with Gasteiger partial charge in [-0.3, -0.25) is 0 Å². The summed E-state index contributed by atoms with van der Waals surface area (Å²) in [4.78, 5) is 0. The van der Waals surface area contributed by atoms with Gasteiger partial charge in [0.05, 0.1) is 0 Å². The minimum absolute atomic E-state index is 0.921. The summed E-state index contributed by atoms with van der Waals surface area (Å²) >= 11 is 0. The average molecular weight is 349 g/mol. The SMILES string of the molecule is C=C(CCC(=C)NCCc1ccc(C)c(C)c1)NCCc1ccccc1. The monoisotopic (exact) mass is 348 g/mol. The fourth-order valence-electron chi connectivity index (χ4n) is 2.85. The first-order chi connectivity index (χ1) is 12.5. The highest BCUT2D eigenvalue weighted by Crippen LogP contribution is 2.10. The lowest BCUT2D eigenvalue weighted by molar-refractivity contribution is 0.697. The van der Waals surface area contributed by atoms with Crippen LogP contribution in [-0.4, -0.2) is 13.1 Å². The number of hydrogen-bond acceptors (Lipinski definition) is 2. The van der Waals surface area contributed by atoms with Crippen LogP contribution >= 0.6 is 0 Å². The smallest absolute Gasteiger partial charge is 0.0184 e. The molecule has 0 aromatic heterocycles. The fraction of sp³-hybridized carbons (Fsp3) is 0.333. The summed E-state index contributed by atoms with van der Waals surface area (Å²) in [6, 6.07) is 17.2. The molecule has 2 N–H and O–H groups in total. The third-order valence-electron chi connectivity index (χ3n) is 4.72. The Labute approximate surface area is 159 Å². The van der Waals surface area contributed by atoms with Gasteiger partial charge >= 0.3 is 0 Å². The molecule has 2 aromatic rings.